The first-order chi connectivity index (χ1) is 17.7. The summed E-state index contributed by atoms with van der Waals surface area (Å²) in [6, 6.07) is 23.2. The van der Waals surface area contributed by atoms with Gasteiger partial charge in [-0.3, -0.25) is 5.32 Å². The van der Waals surface area contributed by atoms with Crippen LogP contribution < -0.4 is 15.4 Å². The van der Waals surface area contributed by atoms with Gasteiger partial charge < -0.3 is 19.9 Å². The van der Waals surface area contributed by atoms with Crippen LogP contribution in [0.5, 0.6) is 5.75 Å². The zero-order valence-corrected chi connectivity index (χ0v) is 21.5. The normalized spacial score (nSPS) is 11.2. The number of hydrogen-bond acceptors (Lipinski definition) is 4. The maximum absolute atomic E-state index is 11.7. The van der Waals surface area contributed by atoms with Crippen molar-refractivity contribution in [3.05, 3.63) is 90.0 Å². The second-order valence-corrected chi connectivity index (χ2v) is 9.46. The maximum atomic E-state index is 11.7. The molecule has 0 fully saturated rings. The van der Waals surface area contributed by atoms with Crippen molar-refractivity contribution in [2.24, 2.45) is 0 Å². The van der Waals surface area contributed by atoms with Gasteiger partial charge in [-0.05, 0) is 68.5 Å². The minimum absolute atomic E-state index is 0.415. The van der Waals surface area contributed by atoms with Crippen LogP contribution in [-0.2, 0) is 11.2 Å². The Hall–Kier alpha value is -4.26. The molecule has 7 nitrogen and oxygen atoms in total. The van der Waals surface area contributed by atoms with Gasteiger partial charge in [0.1, 0.15) is 11.4 Å². The SMILES string of the molecule is CC(C)(C)OC(=O)NCCc1ccc(OCC/C=C/c2ccc(-c3ccccc3)c(NC(=O)O)c2)cc1. The smallest absolute Gasteiger partial charge is 0.409 e. The Morgan fingerprint density at radius 2 is 1.70 bits per heavy atom. The third-order valence-electron chi connectivity index (χ3n) is 5.24. The standard InChI is InChI=1S/C30H34N2O5/c1-30(2,3)37-29(35)31-19-18-22-12-15-25(16-13-22)36-20-8-7-9-23-14-17-26(24-10-5-4-6-11-24)27(21-23)32-28(33)34/h4-7,9-17,21,32H,8,18-20H2,1-3H3,(H,31,35)(H,33,34)/b9-7+. The molecule has 37 heavy (non-hydrogen) atoms. The zero-order valence-electron chi connectivity index (χ0n) is 21.5. The Labute approximate surface area is 218 Å². The van der Waals surface area contributed by atoms with Gasteiger partial charge in [0, 0.05) is 12.1 Å². The Bertz CT molecular complexity index is 1200. The number of carbonyl (C=O) groups is 2. The van der Waals surface area contributed by atoms with Crippen molar-refractivity contribution in [1.29, 1.82) is 0 Å². The molecule has 194 valence electrons. The quantitative estimate of drug-likeness (QED) is 0.260. The molecule has 7 heteroatoms. The van der Waals surface area contributed by atoms with Crippen molar-refractivity contribution in [2.75, 3.05) is 18.5 Å². The van der Waals surface area contributed by atoms with E-state index in [-0.39, 0.29) is 0 Å². The second-order valence-electron chi connectivity index (χ2n) is 9.46. The molecule has 0 spiro atoms. The Morgan fingerprint density at radius 1 is 0.973 bits per heavy atom. The molecule has 0 bridgehead atoms. The van der Waals surface area contributed by atoms with Crippen LogP contribution in [0.25, 0.3) is 17.2 Å². The third-order valence-corrected chi connectivity index (χ3v) is 5.24. The van der Waals surface area contributed by atoms with Crippen LogP contribution in [0.2, 0.25) is 0 Å². The van der Waals surface area contributed by atoms with Gasteiger partial charge in [0.15, 0.2) is 0 Å². The van der Waals surface area contributed by atoms with E-state index in [9.17, 15) is 14.7 Å². The molecule has 2 amide bonds. The lowest BCUT2D eigenvalue weighted by molar-refractivity contribution is 0.0528. The summed E-state index contributed by atoms with van der Waals surface area (Å²) in [6.45, 7) is 6.51. The van der Waals surface area contributed by atoms with Crippen LogP contribution in [-0.4, -0.2) is 36.0 Å². The molecule has 0 heterocycles. The summed E-state index contributed by atoms with van der Waals surface area (Å²) in [4.78, 5) is 23.0. The lowest BCUT2D eigenvalue weighted by Crippen LogP contribution is -2.33. The monoisotopic (exact) mass is 502 g/mol. The molecule has 0 saturated carbocycles. The second kappa shape index (κ2) is 13.2. The summed E-state index contributed by atoms with van der Waals surface area (Å²) in [6.07, 6.45) is 3.83. The third kappa shape index (κ3) is 9.72. The van der Waals surface area contributed by atoms with Crippen LogP contribution >= 0.6 is 0 Å². The lowest BCUT2D eigenvalue weighted by atomic mass is 10.0. The Kier molecular flexibility index (Phi) is 9.72. The molecule has 3 rings (SSSR count). The van der Waals surface area contributed by atoms with Gasteiger partial charge in [0.2, 0.25) is 0 Å². The maximum Gasteiger partial charge on any atom is 0.409 e. The number of benzene rings is 3. The van der Waals surface area contributed by atoms with Crippen LogP contribution in [0.1, 0.15) is 38.3 Å². The summed E-state index contributed by atoms with van der Waals surface area (Å²) >= 11 is 0. The first kappa shape index (κ1) is 27.3. The topological polar surface area (TPSA) is 96.9 Å². The van der Waals surface area contributed by atoms with Gasteiger partial charge in [0.25, 0.3) is 0 Å². The molecular weight excluding hydrogens is 468 g/mol. The number of hydrogen-bond donors (Lipinski definition) is 3. The minimum atomic E-state index is -1.10. The van der Waals surface area contributed by atoms with E-state index in [2.05, 4.69) is 10.6 Å². The molecule has 0 aliphatic heterocycles. The van der Waals surface area contributed by atoms with Crippen molar-refractivity contribution < 1.29 is 24.2 Å². The largest absolute Gasteiger partial charge is 0.493 e. The van der Waals surface area contributed by atoms with E-state index in [1.165, 1.54) is 0 Å². The highest BCUT2D eigenvalue weighted by molar-refractivity contribution is 5.91. The van der Waals surface area contributed by atoms with Crippen molar-refractivity contribution in [2.45, 2.75) is 39.2 Å². The molecule has 0 saturated heterocycles. The van der Waals surface area contributed by atoms with Gasteiger partial charge in [0.05, 0.1) is 12.3 Å². The number of anilines is 1. The van der Waals surface area contributed by atoms with Crippen molar-refractivity contribution in [1.82, 2.24) is 5.32 Å². The molecule has 0 atom stereocenters. The van der Waals surface area contributed by atoms with E-state index in [0.717, 1.165) is 28.0 Å². The highest BCUT2D eigenvalue weighted by atomic mass is 16.6. The van der Waals surface area contributed by atoms with E-state index in [1.807, 2.05) is 106 Å². The molecule has 0 radical (unpaired) electrons. The Morgan fingerprint density at radius 3 is 2.38 bits per heavy atom. The zero-order chi connectivity index (χ0) is 26.7. The molecule has 0 unspecified atom stereocenters. The summed E-state index contributed by atoms with van der Waals surface area (Å²) in [5.74, 6) is 0.775. The summed E-state index contributed by atoms with van der Waals surface area (Å²) in [7, 11) is 0. The van der Waals surface area contributed by atoms with Gasteiger partial charge in [-0.25, -0.2) is 9.59 Å². The van der Waals surface area contributed by atoms with E-state index >= 15 is 0 Å². The predicted octanol–water partition coefficient (Wildman–Crippen LogP) is 6.99. The van der Waals surface area contributed by atoms with Crippen LogP contribution in [0, 0.1) is 0 Å². The fourth-order valence-corrected chi connectivity index (χ4v) is 3.59. The van der Waals surface area contributed by atoms with Crippen LogP contribution in [0.3, 0.4) is 0 Å². The van der Waals surface area contributed by atoms with E-state index in [4.69, 9.17) is 9.47 Å². The Balaban J connectivity index is 1.46. The summed E-state index contributed by atoms with van der Waals surface area (Å²) < 4.78 is 11.0. The van der Waals surface area contributed by atoms with E-state index in [1.54, 1.807) is 0 Å². The number of amides is 2. The highest BCUT2D eigenvalue weighted by Crippen LogP contribution is 2.29. The average molecular weight is 503 g/mol. The van der Waals surface area contributed by atoms with E-state index < -0.39 is 17.8 Å². The average Bonchev–Trinajstić information content (AvgIpc) is 2.84. The summed E-state index contributed by atoms with van der Waals surface area (Å²) in [5.41, 5.74) is 3.79. The molecule has 0 aromatic heterocycles. The number of carbonyl (C=O) groups excluding carboxylic acids is 1. The van der Waals surface area contributed by atoms with Crippen molar-refractivity contribution in [3.8, 4) is 16.9 Å². The summed E-state index contributed by atoms with van der Waals surface area (Å²) in [5, 5.41) is 14.5. The molecule has 0 aliphatic carbocycles. The number of rotatable bonds is 10. The van der Waals surface area contributed by atoms with E-state index in [0.29, 0.717) is 31.7 Å². The molecular formula is C30H34N2O5. The molecule has 3 aromatic rings. The van der Waals surface area contributed by atoms with Gasteiger partial charge in [-0.2, -0.15) is 0 Å². The highest BCUT2D eigenvalue weighted by Gasteiger charge is 2.15. The van der Waals surface area contributed by atoms with Gasteiger partial charge in [-0.15, -0.1) is 0 Å². The number of nitrogens with one attached hydrogen (secondary N) is 2. The van der Waals surface area contributed by atoms with Gasteiger partial charge in [-0.1, -0.05) is 66.7 Å². The fourth-order valence-electron chi connectivity index (χ4n) is 3.59. The number of alkyl carbamates (subject to hydrolysis) is 1. The van der Waals surface area contributed by atoms with Crippen LogP contribution in [0.15, 0.2) is 78.9 Å². The first-order valence-electron chi connectivity index (χ1n) is 12.2. The fraction of sp³-hybridized carbons (Fsp3) is 0.267. The van der Waals surface area contributed by atoms with Crippen LogP contribution in [0.4, 0.5) is 15.3 Å². The molecule has 3 N–H and O–H groups in total. The number of ether oxygens (including phenoxy) is 2. The minimum Gasteiger partial charge on any atom is -0.493 e. The van der Waals surface area contributed by atoms with Crippen molar-refractivity contribution >= 4 is 23.9 Å². The molecule has 0 aliphatic rings. The number of carboxylic acid groups (broad SMARTS) is 1. The van der Waals surface area contributed by atoms with Crippen molar-refractivity contribution in [3.63, 3.8) is 0 Å². The predicted molar refractivity (Wildman–Crippen MR) is 147 cm³/mol. The lowest BCUT2D eigenvalue weighted by Gasteiger charge is -2.19. The van der Waals surface area contributed by atoms with Gasteiger partial charge >= 0.3 is 12.2 Å². The molecule has 3 aromatic carbocycles. The first-order valence-corrected chi connectivity index (χ1v) is 12.2.